The molecule has 41 heavy (non-hydrogen) atoms. The molecule has 0 radical (unpaired) electrons. The molecular formula is C30H29BrN6O4. The van der Waals surface area contributed by atoms with Crippen LogP contribution in [0.2, 0.25) is 0 Å². The highest BCUT2D eigenvalue weighted by Crippen LogP contribution is 2.40. The maximum Gasteiger partial charge on any atom is 0.278 e. The Kier molecular flexibility index (Phi) is 7.74. The fraction of sp³-hybridized carbons (Fsp3) is 0.233. The third-order valence-corrected chi connectivity index (χ3v) is 8.23. The summed E-state index contributed by atoms with van der Waals surface area (Å²) in [6, 6.07) is 16.8. The van der Waals surface area contributed by atoms with E-state index in [0.717, 1.165) is 20.8 Å². The van der Waals surface area contributed by atoms with Crippen LogP contribution in [0.4, 0.5) is 11.4 Å². The smallest absolute Gasteiger partial charge is 0.278 e. The first kappa shape index (κ1) is 28.2. The fourth-order valence-electron chi connectivity index (χ4n) is 5.25. The summed E-state index contributed by atoms with van der Waals surface area (Å²) in [5, 5.41) is 4.81. The van der Waals surface area contributed by atoms with Crippen molar-refractivity contribution in [2.75, 3.05) is 30.5 Å². The lowest BCUT2D eigenvalue weighted by Gasteiger charge is -2.36. The van der Waals surface area contributed by atoms with Gasteiger partial charge < -0.3 is 25.6 Å². The van der Waals surface area contributed by atoms with Crippen LogP contribution in [0.5, 0.6) is 5.75 Å². The zero-order valence-electron chi connectivity index (χ0n) is 22.8. The summed E-state index contributed by atoms with van der Waals surface area (Å²) in [7, 11) is 3.15. The summed E-state index contributed by atoms with van der Waals surface area (Å²) in [4.78, 5) is 52.6. The molecule has 0 saturated heterocycles. The largest absolute Gasteiger partial charge is 0.496 e. The molecular weight excluding hydrogens is 588 g/mol. The number of nitrogens with two attached hydrogens (primary N) is 1. The number of nitrogens with zero attached hydrogens (tertiary/aromatic N) is 4. The van der Waals surface area contributed by atoms with E-state index in [1.807, 2.05) is 30.3 Å². The van der Waals surface area contributed by atoms with E-state index < -0.39 is 23.3 Å². The molecule has 0 saturated carbocycles. The lowest BCUT2D eigenvalue weighted by atomic mass is 9.83. The summed E-state index contributed by atoms with van der Waals surface area (Å²) in [6.07, 6.45) is 4.27. The number of carbonyl (C=O) groups is 3. The van der Waals surface area contributed by atoms with Gasteiger partial charge >= 0.3 is 0 Å². The van der Waals surface area contributed by atoms with Gasteiger partial charge in [0.05, 0.1) is 37.1 Å². The third kappa shape index (κ3) is 5.02. The van der Waals surface area contributed by atoms with Gasteiger partial charge in [0, 0.05) is 29.0 Å². The molecule has 10 nitrogen and oxygen atoms in total. The molecule has 1 aliphatic rings. The number of nitrogens with one attached hydrogen (secondary N) is 1. The number of benzene rings is 3. The number of anilines is 2. The van der Waals surface area contributed by atoms with Crippen molar-refractivity contribution < 1.29 is 19.1 Å². The quantitative estimate of drug-likeness (QED) is 0.324. The van der Waals surface area contributed by atoms with Crippen molar-refractivity contribution in [2.24, 2.45) is 11.7 Å². The van der Waals surface area contributed by atoms with Crippen molar-refractivity contribution in [2.45, 2.75) is 19.0 Å². The third-order valence-electron chi connectivity index (χ3n) is 7.73. The van der Waals surface area contributed by atoms with E-state index in [2.05, 4.69) is 31.2 Å². The summed E-state index contributed by atoms with van der Waals surface area (Å²) in [5.74, 6) is -2.00. The van der Waals surface area contributed by atoms with E-state index >= 15 is 0 Å². The van der Waals surface area contributed by atoms with Gasteiger partial charge in [0.1, 0.15) is 17.0 Å². The minimum Gasteiger partial charge on any atom is -0.496 e. The highest BCUT2D eigenvalue weighted by molar-refractivity contribution is 9.10. The molecule has 2 heterocycles. The molecule has 210 valence electrons. The van der Waals surface area contributed by atoms with Crippen LogP contribution in [-0.4, -0.2) is 53.9 Å². The van der Waals surface area contributed by atoms with Crippen molar-refractivity contribution >= 4 is 55.8 Å². The molecule has 0 spiro atoms. The van der Waals surface area contributed by atoms with Gasteiger partial charge in [-0.1, -0.05) is 40.2 Å². The first-order chi connectivity index (χ1) is 19.7. The SMILES string of the molecule is CNC(C)(C(N)=O)[C@@H]1CN(C(=O)c2cnccn2)c2ccccc2N(Cc2c(OC)ccc3cc(Br)ccc23)C1=O. The summed E-state index contributed by atoms with van der Waals surface area (Å²) < 4.78 is 6.65. The Balaban J connectivity index is 1.73. The van der Waals surface area contributed by atoms with Crippen molar-refractivity contribution in [3.63, 3.8) is 0 Å². The van der Waals surface area contributed by atoms with E-state index in [-0.39, 0.29) is 24.7 Å². The molecule has 3 N–H and O–H groups in total. The molecule has 1 aliphatic heterocycles. The van der Waals surface area contributed by atoms with Crippen molar-refractivity contribution in [1.29, 1.82) is 0 Å². The summed E-state index contributed by atoms with van der Waals surface area (Å²) in [6.45, 7) is 1.56. The van der Waals surface area contributed by atoms with E-state index in [9.17, 15) is 14.4 Å². The molecule has 2 atom stereocenters. The fourth-order valence-corrected chi connectivity index (χ4v) is 5.62. The second-order valence-corrected chi connectivity index (χ2v) is 10.8. The van der Waals surface area contributed by atoms with Crippen molar-refractivity contribution in [3.05, 3.63) is 88.9 Å². The topological polar surface area (TPSA) is 131 Å². The second-order valence-electron chi connectivity index (χ2n) is 9.90. The molecule has 1 aromatic heterocycles. The lowest BCUT2D eigenvalue weighted by molar-refractivity contribution is -0.133. The molecule has 11 heteroatoms. The maximum atomic E-state index is 14.6. The van der Waals surface area contributed by atoms with Crippen LogP contribution in [0.1, 0.15) is 23.0 Å². The number of hydrogen-bond acceptors (Lipinski definition) is 7. The predicted octanol–water partition coefficient (Wildman–Crippen LogP) is 3.67. The number of para-hydroxylation sites is 2. The predicted molar refractivity (Wildman–Crippen MR) is 160 cm³/mol. The standard InChI is InChI=1S/C30H29BrN6O4/c1-30(33-2,29(32)40)22-17-37(28(39)23-15-34-12-13-35-23)25-7-5-4-6-24(25)36(27(22)38)16-21-20-10-9-19(31)14-18(20)8-11-26(21)41-3/h4-15,22,33H,16-17H2,1-3H3,(H2,32,40)/t22-,30?/m1/s1. The number of rotatable bonds is 7. The normalized spacial score (nSPS) is 16.6. The van der Waals surface area contributed by atoms with Gasteiger partial charge in [-0.3, -0.25) is 19.4 Å². The number of aromatic nitrogens is 2. The van der Waals surface area contributed by atoms with Crippen molar-refractivity contribution in [3.8, 4) is 5.75 Å². The van der Waals surface area contributed by atoms with Gasteiger partial charge in [-0.15, -0.1) is 0 Å². The second kappa shape index (κ2) is 11.3. The Hall–Kier alpha value is -4.35. The van der Waals surface area contributed by atoms with Gasteiger partial charge in [-0.05, 0) is 55.1 Å². The van der Waals surface area contributed by atoms with Crippen LogP contribution < -0.4 is 25.6 Å². The van der Waals surface area contributed by atoms with Crippen LogP contribution in [0.3, 0.4) is 0 Å². The Bertz CT molecular complexity index is 1650. The molecule has 0 aliphatic carbocycles. The zero-order valence-corrected chi connectivity index (χ0v) is 24.4. The van der Waals surface area contributed by atoms with Crippen LogP contribution in [0.15, 0.2) is 77.7 Å². The number of halogens is 1. The van der Waals surface area contributed by atoms with E-state index in [1.165, 1.54) is 23.5 Å². The first-order valence-electron chi connectivity index (χ1n) is 12.9. The molecule has 5 rings (SSSR count). The van der Waals surface area contributed by atoms with E-state index in [1.54, 1.807) is 50.2 Å². The van der Waals surface area contributed by atoms with Crippen LogP contribution >= 0.6 is 15.9 Å². The Morgan fingerprint density at radius 3 is 2.56 bits per heavy atom. The minimum absolute atomic E-state index is 0.105. The first-order valence-corrected chi connectivity index (χ1v) is 13.7. The molecule has 4 aromatic rings. The average molecular weight is 618 g/mol. The van der Waals surface area contributed by atoms with Gasteiger partial charge in [0.2, 0.25) is 11.8 Å². The Morgan fingerprint density at radius 2 is 1.90 bits per heavy atom. The van der Waals surface area contributed by atoms with Crippen molar-refractivity contribution in [1.82, 2.24) is 15.3 Å². The van der Waals surface area contributed by atoms with Crippen LogP contribution in [-0.2, 0) is 16.1 Å². The number of amides is 3. The molecule has 3 amide bonds. The average Bonchev–Trinajstić information content (AvgIpc) is 3.11. The highest BCUT2D eigenvalue weighted by Gasteiger charge is 2.49. The molecule has 1 unspecified atom stereocenters. The number of fused-ring (bicyclic) bond motifs is 2. The number of primary amides is 1. The van der Waals surface area contributed by atoms with E-state index in [0.29, 0.717) is 17.1 Å². The van der Waals surface area contributed by atoms with Crippen LogP contribution in [0.25, 0.3) is 10.8 Å². The number of carbonyl (C=O) groups excluding carboxylic acids is 3. The number of hydrogen-bond donors (Lipinski definition) is 2. The highest BCUT2D eigenvalue weighted by atomic mass is 79.9. The minimum atomic E-state index is -1.48. The Morgan fingerprint density at radius 1 is 1.15 bits per heavy atom. The zero-order chi connectivity index (χ0) is 29.3. The van der Waals surface area contributed by atoms with Gasteiger partial charge in [0.15, 0.2) is 0 Å². The van der Waals surface area contributed by atoms with Gasteiger partial charge in [-0.25, -0.2) is 4.98 Å². The molecule has 3 aromatic carbocycles. The number of likely N-dealkylation sites (N-methyl/N-ethyl adjacent to an activating group) is 1. The maximum absolute atomic E-state index is 14.6. The van der Waals surface area contributed by atoms with Gasteiger partial charge in [-0.2, -0.15) is 0 Å². The molecule has 0 bridgehead atoms. The Labute approximate surface area is 245 Å². The summed E-state index contributed by atoms with van der Waals surface area (Å²) >= 11 is 3.53. The van der Waals surface area contributed by atoms with E-state index in [4.69, 9.17) is 10.5 Å². The molecule has 0 fully saturated rings. The van der Waals surface area contributed by atoms with Gasteiger partial charge in [0.25, 0.3) is 5.91 Å². The summed E-state index contributed by atoms with van der Waals surface area (Å²) in [5.41, 5.74) is 6.26. The number of methoxy groups -OCH3 is 1. The van der Waals surface area contributed by atoms with Crippen LogP contribution in [0, 0.1) is 5.92 Å². The number of ether oxygens (including phenoxy) is 1. The lowest BCUT2D eigenvalue weighted by Crippen LogP contribution is -2.63. The monoisotopic (exact) mass is 616 g/mol.